The van der Waals surface area contributed by atoms with E-state index in [2.05, 4.69) is 5.32 Å². The summed E-state index contributed by atoms with van der Waals surface area (Å²) >= 11 is 0. The molecule has 0 fully saturated rings. The number of carbonyl (C=O) groups excluding carboxylic acids is 1. The first-order valence-corrected chi connectivity index (χ1v) is 10.5. The smallest absolute Gasteiger partial charge is 0.264 e. The quantitative estimate of drug-likeness (QED) is 0.691. The fourth-order valence-corrected chi connectivity index (χ4v) is 3.85. The first-order chi connectivity index (χ1) is 13.2. The van der Waals surface area contributed by atoms with E-state index in [1.807, 2.05) is 20.8 Å². The van der Waals surface area contributed by atoms with Gasteiger partial charge >= 0.3 is 0 Å². The van der Waals surface area contributed by atoms with Gasteiger partial charge in [-0.1, -0.05) is 13.8 Å². The third kappa shape index (κ3) is 5.69. The Balaban J connectivity index is 2.35. The van der Waals surface area contributed by atoms with Crippen LogP contribution in [0.3, 0.4) is 0 Å². The highest BCUT2D eigenvalue weighted by Crippen LogP contribution is 2.25. The lowest BCUT2D eigenvalue weighted by atomic mass is 10.2. The number of nitrogens with one attached hydrogen (secondary N) is 1. The first kappa shape index (κ1) is 21.7. The molecule has 0 bridgehead atoms. The summed E-state index contributed by atoms with van der Waals surface area (Å²) in [5.41, 5.74) is 0.204. The van der Waals surface area contributed by atoms with E-state index in [0.717, 1.165) is 16.4 Å². The van der Waals surface area contributed by atoms with Crippen LogP contribution in [0.15, 0.2) is 53.4 Å². The second-order valence-corrected chi connectivity index (χ2v) is 8.45. The lowest BCUT2D eigenvalue weighted by Crippen LogP contribution is -2.41. The summed E-state index contributed by atoms with van der Waals surface area (Å²) in [7, 11) is -4.04. The molecule has 0 aliphatic heterocycles. The van der Waals surface area contributed by atoms with E-state index in [9.17, 15) is 17.6 Å². The summed E-state index contributed by atoms with van der Waals surface area (Å²) in [6.45, 7) is 6.19. The van der Waals surface area contributed by atoms with Gasteiger partial charge in [0.2, 0.25) is 5.91 Å². The molecule has 2 aromatic rings. The van der Waals surface area contributed by atoms with E-state index in [4.69, 9.17) is 4.74 Å². The Kier molecular flexibility index (Phi) is 7.39. The molecule has 0 heterocycles. The minimum Gasteiger partial charge on any atom is -0.494 e. The van der Waals surface area contributed by atoms with Gasteiger partial charge in [-0.05, 0) is 61.4 Å². The van der Waals surface area contributed by atoms with Gasteiger partial charge in [0.25, 0.3) is 10.0 Å². The Bertz CT molecular complexity index is 881. The number of anilines is 1. The van der Waals surface area contributed by atoms with Crippen LogP contribution in [0, 0.1) is 11.7 Å². The molecule has 2 rings (SSSR count). The van der Waals surface area contributed by atoms with Crippen molar-refractivity contribution in [2.24, 2.45) is 5.92 Å². The van der Waals surface area contributed by atoms with E-state index in [1.54, 1.807) is 12.1 Å². The van der Waals surface area contributed by atoms with Crippen molar-refractivity contribution in [3.05, 3.63) is 54.3 Å². The van der Waals surface area contributed by atoms with Gasteiger partial charge in [0, 0.05) is 6.54 Å². The van der Waals surface area contributed by atoms with Gasteiger partial charge in [0.1, 0.15) is 18.1 Å². The van der Waals surface area contributed by atoms with Crippen LogP contribution < -0.4 is 14.4 Å². The highest BCUT2D eigenvalue weighted by atomic mass is 32.2. The minimum absolute atomic E-state index is 0.0111. The van der Waals surface area contributed by atoms with Crippen molar-refractivity contribution in [1.82, 2.24) is 5.32 Å². The maximum Gasteiger partial charge on any atom is 0.264 e. The zero-order chi connectivity index (χ0) is 20.7. The minimum atomic E-state index is -4.04. The molecule has 0 aromatic heterocycles. The zero-order valence-electron chi connectivity index (χ0n) is 16.2. The van der Waals surface area contributed by atoms with Crippen molar-refractivity contribution < 1.29 is 22.3 Å². The summed E-state index contributed by atoms with van der Waals surface area (Å²) in [4.78, 5) is 12.3. The van der Waals surface area contributed by atoms with Crippen LogP contribution >= 0.6 is 0 Å². The van der Waals surface area contributed by atoms with E-state index in [1.165, 1.54) is 24.3 Å². The van der Waals surface area contributed by atoms with Crippen LogP contribution in [-0.4, -0.2) is 34.0 Å². The van der Waals surface area contributed by atoms with Crippen LogP contribution in [0.4, 0.5) is 10.1 Å². The highest BCUT2D eigenvalue weighted by molar-refractivity contribution is 7.92. The van der Waals surface area contributed by atoms with Crippen molar-refractivity contribution >= 4 is 21.6 Å². The number of halogens is 1. The molecule has 0 saturated carbocycles. The topological polar surface area (TPSA) is 75.7 Å². The molecule has 8 heteroatoms. The molecular formula is C20H25FN2O4S. The molecule has 28 heavy (non-hydrogen) atoms. The van der Waals surface area contributed by atoms with Gasteiger partial charge < -0.3 is 10.1 Å². The molecule has 0 radical (unpaired) electrons. The number of amides is 1. The maximum atomic E-state index is 13.3. The van der Waals surface area contributed by atoms with Crippen LogP contribution in [0.1, 0.15) is 20.8 Å². The summed E-state index contributed by atoms with van der Waals surface area (Å²) < 4.78 is 45.9. The van der Waals surface area contributed by atoms with Gasteiger partial charge in [-0.3, -0.25) is 9.10 Å². The summed E-state index contributed by atoms with van der Waals surface area (Å²) in [5.74, 6) is -0.158. The second kappa shape index (κ2) is 9.54. The number of ether oxygens (including phenoxy) is 1. The van der Waals surface area contributed by atoms with Crippen molar-refractivity contribution in [2.45, 2.75) is 25.7 Å². The monoisotopic (exact) mass is 408 g/mol. The molecule has 0 atom stereocenters. The molecule has 0 unspecified atom stereocenters. The predicted molar refractivity (Wildman–Crippen MR) is 106 cm³/mol. The number of nitrogens with zero attached hydrogens (tertiary/aromatic N) is 1. The summed E-state index contributed by atoms with van der Waals surface area (Å²) in [5, 5.41) is 2.70. The molecule has 1 N–H and O–H groups in total. The van der Waals surface area contributed by atoms with Gasteiger partial charge in [-0.15, -0.1) is 0 Å². The van der Waals surface area contributed by atoms with Gasteiger partial charge in [0.05, 0.1) is 17.2 Å². The Morgan fingerprint density at radius 3 is 2.25 bits per heavy atom. The maximum absolute atomic E-state index is 13.3. The summed E-state index contributed by atoms with van der Waals surface area (Å²) in [6, 6.07) is 10.9. The lowest BCUT2D eigenvalue weighted by Gasteiger charge is -2.24. The summed E-state index contributed by atoms with van der Waals surface area (Å²) in [6.07, 6.45) is 0. The normalized spacial score (nSPS) is 11.3. The molecule has 0 saturated heterocycles. The average molecular weight is 408 g/mol. The second-order valence-electron chi connectivity index (χ2n) is 6.59. The Morgan fingerprint density at radius 2 is 1.71 bits per heavy atom. The standard InChI is InChI=1S/C20H25FN2O4S/c1-4-27-18-9-11-19(12-10-18)28(25,26)23(14-20(24)22-13-15(2)3)17-7-5-16(21)6-8-17/h5-12,15H,4,13-14H2,1-3H3,(H,22,24). The van der Waals surface area contributed by atoms with Crippen molar-refractivity contribution in [1.29, 1.82) is 0 Å². The zero-order valence-corrected chi connectivity index (χ0v) is 17.0. The largest absolute Gasteiger partial charge is 0.494 e. The number of hydrogen-bond acceptors (Lipinski definition) is 4. The van der Waals surface area contributed by atoms with E-state index < -0.39 is 28.3 Å². The van der Waals surface area contributed by atoms with E-state index >= 15 is 0 Å². The SMILES string of the molecule is CCOc1ccc(S(=O)(=O)N(CC(=O)NCC(C)C)c2ccc(F)cc2)cc1. The molecule has 1 amide bonds. The molecular weight excluding hydrogens is 383 g/mol. The number of rotatable bonds is 9. The third-order valence-corrected chi connectivity index (χ3v) is 5.62. The number of carbonyl (C=O) groups is 1. The third-order valence-electron chi connectivity index (χ3n) is 3.83. The van der Waals surface area contributed by atoms with Crippen molar-refractivity contribution in [2.75, 3.05) is 24.0 Å². The number of benzene rings is 2. The van der Waals surface area contributed by atoms with Crippen molar-refractivity contribution in [3.63, 3.8) is 0 Å². The predicted octanol–water partition coefficient (Wildman–Crippen LogP) is 3.19. The highest BCUT2D eigenvalue weighted by Gasteiger charge is 2.27. The Hall–Kier alpha value is -2.61. The molecule has 2 aromatic carbocycles. The molecule has 0 aliphatic carbocycles. The number of hydrogen-bond donors (Lipinski definition) is 1. The fourth-order valence-electron chi connectivity index (χ4n) is 2.43. The van der Waals surface area contributed by atoms with Gasteiger partial charge in [-0.2, -0.15) is 0 Å². The fraction of sp³-hybridized carbons (Fsp3) is 0.350. The lowest BCUT2D eigenvalue weighted by molar-refractivity contribution is -0.119. The van der Waals surface area contributed by atoms with Crippen LogP contribution in [-0.2, 0) is 14.8 Å². The molecule has 6 nitrogen and oxygen atoms in total. The number of sulfonamides is 1. The van der Waals surface area contributed by atoms with E-state index in [-0.39, 0.29) is 16.5 Å². The van der Waals surface area contributed by atoms with Crippen LogP contribution in [0.2, 0.25) is 0 Å². The van der Waals surface area contributed by atoms with Gasteiger partial charge in [0.15, 0.2) is 0 Å². The van der Waals surface area contributed by atoms with E-state index in [0.29, 0.717) is 18.9 Å². The Labute approximate surface area is 165 Å². The molecule has 0 aliphatic rings. The van der Waals surface area contributed by atoms with Gasteiger partial charge in [-0.25, -0.2) is 12.8 Å². The molecule has 152 valence electrons. The molecule has 0 spiro atoms. The average Bonchev–Trinajstić information content (AvgIpc) is 2.66. The van der Waals surface area contributed by atoms with Crippen LogP contribution in [0.5, 0.6) is 5.75 Å². The van der Waals surface area contributed by atoms with Crippen molar-refractivity contribution in [3.8, 4) is 5.75 Å². The Morgan fingerprint density at radius 1 is 1.11 bits per heavy atom. The van der Waals surface area contributed by atoms with Crippen LogP contribution in [0.25, 0.3) is 0 Å². The first-order valence-electron chi connectivity index (χ1n) is 9.02.